The predicted molar refractivity (Wildman–Crippen MR) is 58.4 cm³/mol. The van der Waals surface area contributed by atoms with Crippen molar-refractivity contribution in [3.8, 4) is 0 Å². The molecule has 0 heterocycles. The average Bonchev–Trinajstić information content (AvgIpc) is 1.91. The maximum atomic E-state index is 9.75. The molecule has 0 aromatic heterocycles. The average molecular weight is 389 g/mol. The van der Waals surface area contributed by atoms with E-state index in [4.69, 9.17) is 4.74 Å². The van der Waals surface area contributed by atoms with Gasteiger partial charge in [0.2, 0.25) is 0 Å². The molecule has 136 valence electrons. The minimum Gasteiger partial charge on any atom is -1.00 e. The second-order valence-electron chi connectivity index (χ2n) is 3.80. The van der Waals surface area contributed by atoms with Gasteiger partial charge in [-0.1, -0.05) is 0 Å². The fraction of sp³-hybridized carbons (Fsp3) is 1.00. The van der Waals surface area contributed by atoms with Crippen molar-refractivity contribution in [2.24, 2.45) is 0 Å². The largest absolute Gasteiger partial charge is 1.00 e. The Balaban J connectivity index is -0.0000000408. The Kier molecular flexibility index (Phi) is 22.3. The maximum Gasteiger partial charge on any atom is 1.00 e. The second-order valence-corrected chi connectivity index (χ2v) is 3.80. The van der Waals surface area contributed by atoms with Crippen LogP contribution in [-0.4, -0.2) is 34.5 Å². The number of methoxy groups -OCH3 is 1. The van der Waals surface area contributed by atoms with E-state index in [0.29, 0.717) is 0 Å². The topological polar surface area (TPSA) is 9.23 Å². The number of ether oxygens (including phenoxy) is 1. The van der Waals surface area contributed by atoms with Crippen molar-refractivity contribution in [2.45, 2.75) is 26.4 Å². The van der Waals surface area contributed by atoms with Gasteiger partial charge in [-0.3, -0.25) is 0 Å². The molecule has 17 heteroatoms. The van der Waals surface area contributed by atoms with Gasteiger partial charge in [0.05, 0.1) is 5.60 Å². The van der Waals surface area contributed by atoms with Gasteiger partial charge in [-0.05, 0) is 20.8 Å². The summed E-state index contributed by atoms with van der Waals surface area (Å²) >= 11 is 0. The van der Waals surface area contributed by atoms with Gasteiger partial charge < -0.3 is 58.0 Å². The van der Waals surface area contributed by atoms with Crippen LogP contribution in [0.2, 0.25) is 0 Å². The van der Waals surface area contributed by atoms with Gasteiger partial charge in [0.1, 0.15) is 0 Å². The summed E-state index contributed by atoms with van der Waals surface area (Å²) in [5, 5.41) is 0. The van der Waals surface area contributed by atoms with Crippen LogP contribution >= 0.6 is 0 Å². The van der Waals surface area contributed by atoms with Crippen molar-refractivity contribution in [1.29, 1.82) is 0 Å². The van der Waals surface area contributed by atoms with Gasteiger partial charge in [-0.15, -0.1) is 0 Å². The van der Waals surface area contributed by atoms with Crippen LogP contribution in [0.4, 0.5) is 51.8 Å². The van der Waals surface area contributed by atoms with E-state index >= 15 is 0 Å². The third kappa shape index (κ3) is 534. The van der Waals surface area contributed by atoms with Gasteiger partial charge in [0.25, 0.3) is 0 Å². The Bertz CT molecular complexity index is 192. The molecule has 22 heavy (non-hydrogen) atoms. The zero-order chi connectivity index (χ0) is 18.7. The Labute approximate surface area is 163 Å². The zero-order valence-corrected chi connectivity index (χ0v) is 15.3. The van der Waals surface area contributed by atoms with Crippen LogP contribution in [0.3, 0.4) is 0 Å². The Morgan fingerprint density at radius 1 is 0.591 bits per heavy atom. The van der Waals surface area contributed by atoms with E-state index in [9.17, 15) is 51.8 Å². The molecule has 0 bridgehead atoms. The first-order valence-corrected chi connectivity index (χ1v) is 4.73. The summed E-state index contributed by atoms with van der Waals surface area (Å²) in [7, 11) is -16.3. The molecule has 0 N–H and O–H groups in total. The van der Waals surface area contributed by atoms with Crippen LogP contribution in [-0.2, 0) is 4.74 Å². The third-order valence-electron chi connectivity index (χ3n) is 0.612. The van der Waals surface area contributed by atoms with Crippen molar-refractivity contribution in [2.75, 3.05) is 7.11 Å². The summed E-state index contributed by atoms with van der Waals surface area (Å²) in [4.78, 5) is 0. The van der Waals surface area contributed by atoms with Crippen molar-refractivity contribution in [3.63, 3.8) is 0 Å². The molecule has 0 fully saturated rings. The minimum atomic E-state index is -6.00. The molecule has 0 aliphatic rings. The minimum absolute atomic E-state index is 0. The molecule has 0 rings (SSSR count). The van der Waals surface area contributed by atoms with Crippen LogP contribution in [0.1, 0.15) is 22.2 Å². The first-order chi connectivity index (χ1) is 8.56. The number of hydrogen-bond donors (Lipinski definition) is 0. The molecule has 0 saturated heterocycles. The van der Waals surface area contributed by atoms with Crippen LogP contribution in [0, 0.1) is 0 Å². The van der Waals surface area contributed by atoms with E-state index in [2.05, 4.69) is 0 Å². The molecule has 0 amide bonds. The smallest absolute Gasteiger partial charge is 1.00 e. The quantitative estimate of drug-likeness (QED) is 0.457. The molecular weight excluding hydrogens is 376 g/mol. The fourth-order valence-corrected chi connectivity index (χ4v) is 0. The summed E-state index contributed by atoms with van der Waals surface area (Å²) in [6.45, 7) is 6.06. The molecule has 1 nitrogen and oxygen atoms in total. The van der Waals surface area contributed by atoms with Crippen molar-refractivity contribution >= 4 is 21.8 Å². The van der Waals surface area contributed by atoms with Crippen LogP contribution in [0.15, 0.2) is 0 Å². The molecule has 0 aromatic rings. The number of halogens is 12. The van der Waals surface area contributed by atoms with Gasteiger partial charge in [0, 0.05) is 7.11 Å². The molecular formula is C5H13B3F12KO-3. The molecule has 0 aromatic carbocycles. The van der Waals surface area contributed by atoms with E-state index in [-0.39, 0.29) is 58.4 Å². The molecule has 0 aliphatic carbocycles. The molecule has 0 aliphatic heterocycles. The first-order valence-electron chi connectivity index (χ1n) is 4.73. The van der Waals surface area contributed by atoms with E-state index in [1.165, 1.54) is 0 Å². The normalized spacial score (nSPS) is 11.5. The van der Waals surface area contributed by atoms with Gasteiger partial charge >= 0.3 is 73.1 Å². The van der Waals surface area contributed by atoms with E-state index in [1.807, 2.05) is 20.8 Å². The summed E-state index contributed by atoms with van der Waals surface area (Å²) in [6, 6.07) is 0. The van der Waals surface area contributed by atoms with Gasteiger partial charge in [-0.25, -0.2) is 0 Å². The first kappa shape index (κ1) is 34.3. The Morgan fingerprint density at radius 3 is 0.636 bits per heavy atom. The van der Waals surface area contributed by atoms with Crippen LogP contribution < -0.4 is 51.4 Å². The van der Waals surface area contributed by atoms with Crippen molar-refractivity contribution < 1.29 is 109 Å². The summed E-state index contributed by atoms with van der Waals surface area (Å²) in [5.74, 6) is 0. The molecule has 0 saturated carbocycles. The zero-order valence-electron chi connectivity index (χ0n) is 13.2. The monoisotopic (exact) mass is 389 g/mol. The number of rotatable bonds is 0. The Morgan fingerprint density at radius 2 is 0.636 bits per heavy atom. The molecule has 0 atom stereocenters. The van der Waals surface area contributed by atoms with E-state index < -0.39 is 21.8 Å². The van der Waals surface area contributed by atoms with Crippen molar-refractivity contribution in [3.05, 3.63) is 0 Å². The molecule has 0 unspecified atom stereocenters. The standard InChI is InChI=1S/C5H12O.3BF4.K.H/c1-5(2,3)6-4;3*2-1(3,4)5;;/h1-4H3;;;;;/q;3*-1;+1;-1. The molecule has 0 spiro atoms. The summed E-state index contributed by atoms with van der Waals surface area (Å²) in [6.07, 6.45) is 0. The number of hydrogen-bond acceptors (Lipinski definition) is 1. The second kappa shape index (κ2) is 14.3. The van der Waals surface area contributed by atoms with Crippen LogP contribution in [0.5, 0.6) is 0 Å². The van der Waals surface area contributed by atoms with Crippen molar-refractivity contribution in [1.82, 2.24) is 0 Å². The molecule has 0 radical (unpaired) electrons. The third-order valence-corrected chi connectivity index (χ3v) is 0.612. The summed E-state index contributed by atoms with van der Waals surface area (Å²) in [5.41, 5.74) is 0.0417. The van der Waals surface area contributed by atoms with Crippen LogP contribution in [0.25, 0.3) is 0 Å². The van der Waals surface area contributed by atoms with Gasteiger partial charge in [-0.2, -0.15) is 0 Å². The van der Waals surface area contributed by atoms with E-state index in [0.717, 1.165) is 0 Å². The van der Waals surface area contributed by atoms with E-state index in [1.54, 1.807) is 7.11 Å². The summed E-state index contributed by atoms with van der Waals surface area (Å²) < 4.78 is 122. The van der Waals surface area contributed by atoms with Gasteiger partial charge in [0.15, 0.2) is 0 Å². The predicted octanol–water partition coefficient (Wildman–Crippen LogP) is 2.45. The fourth-order valence-electron chi connectivity index (χ4n) is 0. The SMILES string of the molecule is COC(C)(C)C.F[B-](F)(F)F.F[B-](F)(F)F.F[B-](F)(F)F.[H-].[K+]. The Hall–Kier alpha value is 0.951. The maximum absolute atomic E-state index is 9.75.